The van der Waals surface area contributed by atoms with Crippen molar-refractivity contribution in [3.63, 3.8) is 0 Å². The van der Waals surface area contributed by atoms with Gasteiger partial charge in [0.25, 0.3) is 0 Å². The molecular formula is C14H30N2. The van der Waals surface area contributed by atoms with Crippen LogP contribution in [0.25, 0.3) is 0 Å². The molecule has 0 radical (unpaired) electrons. The maximum atomic E-state index is 3.84. The zero-order valence-electron chi connectivity index (χ0n) is 12.1. The summed E-state index contributed by atoms with van der Waals surface area (Å²) in [7, 11) is 2.23. The first-order valence-corrected chi connectivity index (χ1v) is 6.64. The summed E-state index contributed by atoms with van der Waals surface area (Å²) < 4.78 is 0. The SMILES string of the molecule is CN1CCCC(NC(C)(C)CC(C)(C)C)C1. The smallest absolute Gasteiger partial charge is 0.0200 e. The first kappa shape index (κ1) is 14.0. The highest BCUT2D eigenvalue weighted by molar-refractivity contribution is 4.88. The van der Waals surface area contributed by atoms with E-state index in [1.807, 2.05) is 0 Å². The van der Waals surface area contributed by atoms with Gasteiger partial charge in [-0.1, -0.05) is 20.8 Å². The largest absolute Gasteiger partial charge is 0.308 e. The maximum absolute atomic E-state index is 3.84. The van der Waals surface area contributed by atoms with Crippen LogP contribution in [0.4, 0.5) is 0 Å². The van der Waals surface area contributed by atoms with Crippen LogP contribution >= 0.6 is 0 Å². The maximum Gasteiger partial charge on any atom is 0.0200 e. The molecule has 1 unspecified atom stereocenters. The molecule has 1 aliphatic rings. The lowest BCUT2D eigenvalue weighted by Crippen LogP contribution is -2.53. The minimum atomic E-state index is 0.251. The van der Waals surface area contributed by atoms with Crippen molar-refractivity contribution in [1.82, 2.24) is 10.2 Å². The van der Waals surface area contributed by atoms with E-state index < -0.39 is 0 Å². The lowest BCUT2D eigenvalue weighted by Gasteiger charge is -2.40. The minimum Gasteiger partial charge on any atom is -0.308 e. The van der Waals surface area contributed by atoms with Crippen molar-refractivity contribution >= 4 is 0 Å². The van der Waals surface area contributed by atoms with Crippen molar-refractivity contribution in [1.29, 1.82) is 0 Å². The highest BCUT2D eigenvalue weighted by atomic mass is 15.1. The monoisotopic (exact) mass is 226 g/mol. The number of hydrogen-bond acceptors (Lipinski definition) is 2. The van der Waals surface area contributed by atoms with Crippen LogP contribution in [0.3, 0.4) is 0 Å². The van der Waals surface area contributed by atoms with Crippen LogP contribution in [-0.2, 0) is 0 Å². The second-order valence-electron chi connectivity index (χ2n) is 7.37. The van der Waals surface area contributed by atoms with E-state index in [0.29, 0.717) is 11.5 Å². The van der Waals surface area contributed by atoms with Gasteiger partial charge in [0.2, 0.25) is 0 Å². The van der Waals surface area contributed by atoms with Crippen LogP contribution in [0, 0.1) is 5.41 Å². The van der Waals surface area contributed by atoms with E-state index >= 15 is 0 Å². The molecule has 16 heavy (non-hydrogen) atoms. The zero-order valence-corrected chi connectivity index (χ0v) is 12.1. The third-order valence-electron chi connectivity index (χ3n) is 3.19. The summed E-state index contributed by atoms with van der Waals surface area (Å²) in [6, 6.07) is 0.677. The molecule has 1 rings (SSSR count). The molecule has 96 valence electrons. The predicted octanol–water partition coefficient (Wildman–Crippen LogP) is 2.89. The Morgan fingerprint density at radius 2 is 1.81 bits per heavy atom. The Morgan fingerprint density at radius 1 is 1.19 bits per heavy atom. The van der Waals surface area contributed by atoms with E-state index in [9.17, 15) is 0 Å². The number of piperidine rings is 1. The average molecular weight is 226 g/mol. The minimum absolute atomic E-state index is 0.251. The topological polar surface area (TPSA) is 15.3 Å². The molecule has 0 spiro atoms. The molecule has 2 heteroatoms. The lowest BCUT2D eigenvalue weighted by molar-refractivity contribution is 0.167. The quantitative estimate of drug-likeness (QED) is 0.796. The second-order valence-corrected chi connectivity index (χ2v) is 7.37. The molecule has 0 aromatic carbocycles. The van der Waals surface area contributed by atoms with Gasteiger partial charge in [-0.3, -0.25) is 0 Å². The summed E-state index contributed by atoms with van der Waals surface area (Å²) in [5.41, 5.74) is 0.651. The number of nitrogens with zero attached hydrogens (tertiary/aromatic N) is 1. The van der Waals surface area contributed by atoms with Gasteiger partial charge in [-0.25, -0.2) is 0 Å². The Labute approximate surface area is 102 Å². The van der Waals surface area contributed by atoms with Gasteiger partial charge >= 0.3 is 0 Å². The van der Waals surface area contributed by atoms with Crippen molar-refractivity contribution in [2.24, 2.45) is 5.41 Å². The molecule has 1 N–H and O–H groups in total. The molecule has 1 aliphatic heterocycles. The number of likely N-dealkylation sites (N-methyl/N-ethyl adjacent to an activating group) is 1. The van der Waals surface area contributed by atoms with Gasteiger partial charge in [0.15, 0.2) is 0 Å². The molecule has 0 bridgehead atoms. The van der Waals surface area contributed by atoms with Gasteiger partial charge in [-0.15, -0.1) is 0 Å². The van der Waals surface area contributed by atoms with Gasteiger partial charge in [0.1, 0.15) is 0 Å². The van der Waals surface area contributed by atoms with Crippen LogP contribution in [0.5, 0.6) is 0 Å². The summed E-state index contributed by atoms with van der Waals surface area (Å²) in [5.74, 6) is 0. The molecule has 1 atom stereocenters. The highest BCUT2D eigenvalue weighted by Gasteiger charge is 2.29. The molecule has 2 nitrogen and oxygen atoms in total. The Morgan fingerprint density at radius 3 is 2.31 bits per heavy atom. The van der Waals surface area contributed by atoms with Crippen molar-refractivity contribution < 1.29 is 0 Å². The second kappa shape index (κ2) is 5.05. The summed E-state index contributed by atoms with van der Waals surface area (Å²) in [6.45, 7) is 14.1. The van der Waals surface area contributed by atoms with Crippen LogP contribution in [-0.4, -0.2) is 36.6 Å². The first-order valence-electron chi connectivity index (χ1n) is 6.64. The molecule has 0 saturated carbocycles. The molecule has 0 aromatic heterocycles. The van der Waals surface area contributed by atoms with Crippen molar-refractivity contribution in [2.75, 3.05) is 20.1 Å². The van der Waals surface area contributed by atoms with Gasteiger partial charge in [0, 0.05) is 18.1 Å². The molecular weight excluding hydrogens is 196 g/mol. The molecule has 0 amide bonds. The van der Waals surface area contributed by atoms with E-state index in [4.69, 9.17) is 0 Å². The molecule has 1 heterocycles. The van der Waals surface area contributed by atoms with Crippen LogP contribution in [0.2, 0.25) is 0 Å². The Bertz CT molecular complexity index is 215. The fraction of sp³-hybridized carbons (Fsp3) is 1.00. The molecule has 0 aliphatic carbocycles. The van der Waals surface area contributed by atoms with Crippen LogP contribution in [0.15, 0.2) is 0 Å². The zero-order chi connectivity index (χ0) is 12.4. The number of likely N-dealkylation sites (tertiary alicyclic amines) is 1. The summed E-state index contributed by atoms with van der Waals surface area (Å²) in [5, 5.41) is 3.84. The Hall–Kier alpha value is -0.0800. The third-order valence-corrected chi connectivity index (χ3v) is 3.19. The van der Waals surface area contributed by atoms with E-state index in [1.54, 1.807) is 0 Å². The average Bonchev–Trinajstić information content (AvgIpc) is 1.96. The van der Waals surface area contributed by atoms with E-state index in [2.05, 4.69) is 51.9 Å². The summed E-state index contributed by atoms with van der Waals surface area (Å²) in [6.07, 6.45) is 3.89. The van der Waals surface area contributed by atoms with E-state index in [0.717, 1.165) is 0 Å². The predicted molar refractivity (Wildman–Crippen MR) is 71.8 cm³/mol. The lowest BCUT2D eigenvalue weighted by atomic mass is 9.81. The Kier molecular flexibility index (Phi) is 4.42. The van der Waals surface area contributed by atoms with Crippen LogP contribution in [0.1, 0.15) is 53.9 Å². The first-order chi connectivity index (χ1) is 7.18. The third kappa shape index (κ3) is 5.31. The Balaban J connectivity index is 2.45. The normalized spacial score (nSPS) is 24.8. The summed E-state index contributed by atoms with van der Waals surface area (Å²) in [4.78, 5) is 2.44. The summed E-state index contributed by atoms with van der Waals surface area (Å²) >= 11 is 0. The van der Waals surface area contributed by atoms with Crippen molar-refractivity contribution in [3.05, 3.63) is 0 Å². The van der Waals surface area contributed by atoms with Crippen LogP contribution < -0.4 is 5.32 Å². The fourth-order valence-corrected chi connectivity index (χ4v) is 3.21. The molecule has 0 aromatic rings. The van der Waals surface area contributed by atoms with E-state index in [-0.39, 0.29) is 5.54 Å². The number of rotatable bonds is 3. The van der Waals surface area contributed by atoms with E-state index in [1.165, 1.54) is 32.4 Å². The van der Waals surface area contributed by atoms with Gasteiger partial charge in [-0.05, 0) is 52.1 Å². The van der Waals surface area contributed by atoms with Gasteiger partial charge < -0.3 is 10.2 Å². The van der Waals surface area contributed by atoms with Gasteiger partial charge in [0.05, 0.1) is 0 Å². The number of nitrogens with one attached hydrogen (secondary N) is 1. The molecule has 1 saturated heterocycles. The standard InChI is InChI=1S/C14H30N2/c1-13(2,3)11-14(4,5)15-12-8-7-9-16(6)10-12/h12,15H,7-11H2,1-6H3. The highest BCUT2D eigenvalue weighted by Crippen LogP contribution is 2.27. The molecule has 1 fully saturated rings. The number of hydrogen-bond donors (Lipinski definition) is 1. The van der Waals surface area contributed by atoms with Gasteiger partial charge in [-0.2, -0.15) is 0 Å². The van der Waals surface area contributed by atoms with Crippen molar-refractivity contribution in [2.45, 2.75) is 65.5 Å². The van der Waals surface area contributed by atoms with Crippen molar-refractivity contribution in [3.8, 4) is 0 Å². The fourth-order valence-electron chi connectivity index (χ4n) is 3.21.